The molecule has 42 heavy (non-hydrogen) atoms. The Morgan fingerprint density at radius 3 is 1.55 bits per heavy atom. The Kier molecular flexibility index (Phi) is 32.2. The minimum atomic E-state index is -0.703. The van der Waals surface area contributed by atoms with Gasteiger partial charge in [-0.05, 0) is 70.6 Å². The largest absolute Gasteiger partial charge is 0.481 e. The fraction of sp³-hybridized carbons (Fsp3) is 0.789. The molecule has 0 heterocycles. The molecule has 0 aromatic heterocycles. The first kappa shape index (κ1) is 40.2. The van der Waals surface area contributed by atoms with E-state index >= 15 is 0 Å². The van der Waals surface area contributed by atoms with Crippen molar-refractivity contribution in [3.8, 4) is 0 Å². The number of carboxylic acids is 1. The summed E-state index contributed by atoms with van der Waals surface area (Å²) in [6, 6.07) is 0. The van der Waals surface area contributed by atoms with E-state index in [0.717, 1.165) is 83.5 Å². The molecule has 0 aliphatic carbocycles. The van der Waals surface area contributed by atoms with E-state index in [1.54, 1.807) is 0 Å². The molecule has 0 bridgehead atoms. The summed E-state index contributed by atoms with van der Waals surface area (Å²) in [4.78, 5) is 23.2. The average molecular weight is 589 g/mol. The minimum absolute atomic E-state index is 0.0107. The van der Waals surface area contributed by atoms with Crippen LogP contribution in [0.2, 0.25) is 0 Å². The first-order chi connectivity index (χ1) is 20.6. The van der Waals surface area contributed by atoms with E-state index in [-0.39, 0.29) is 18.5 Å². The number of carboxylic acid groups (broad SMARTS) is 1. The van der Waals surface area contributed by atoms with Gasteiger partial charge in [0.2, 0.25) is 0 Å². The Morgan fingerprint density at radius 1 is 0.548 bits per heavy atom. The van der Waals surface area contributed by atoms with E-state index in [0.29, 0.717) is 6.42 Å². The molecule has 1 unspecified atom stereocenters. The number of carbonyl (C=O) groups excluding carboxylic acids is 1. The van der Waals surface area contributed by atoms with Crippen LogP contribution in [0.25, 0.3) is 0 Å². The van der Waals surface area contributed by atoms with Crippen molar-refractivity contribution in [3.05, 3.63) is 36.5 Å². The van der Waals surface area contributed by atoms with E-state index in [1.165, 1.54) is 77.0 Å². The number of esters is 1. The Labute approximate surface area is 260 Å². The number of unbranched alkanes of at least 4 members (excludes halogenated alkanes) is 17. The van der Waals surface area contributed by atoms with Crippen molar-refractivity contribution in [1.82, 2.24) is 0 Å². The molecule has 0 aliphatic rings. The van der Waals surface area contributed by atoms with Crippen LogP contribution in [0.15, 0.2) is 36.5 Å². The predicted molar refractivity (Wildman–Crippen MR) is 181 cm³/mol. The zero-order valence-corrected chi connectivity index (χ0v) is 27.8. The summed E-state index contributed by atoms with van der Waals surface area (Å²) in [5.74, 6) is -0.714. The van der Waals surface area contributed by atoms with Gasteiger partial charge in [-0.2, -0.15) is 0 Å². The molecule has 0 spiro atoms. The van der Waals surface area contributed by atoms with Gasteiger partial charge >= 0.3 is 11.9 Å². The molecule has 4 heteroatoms. The number of carbonyl (C=O) groups is 2. The third kappa shape index (κ3) is 32.7. The maximum Gasteiger partial charge on any atom is 0.306 e. The second-order valence-corrected chi connectivity index (χ2v) is 12.0. The predicted octanol–water partition coefficient (Wildman–Crippen LogP) is 12.2. The molecule has 244 valence electrons. The molecule has 0 saturated carbocycles. The van der Waals surface area contributed by atoms with Gasteiger partial charge in [-0.25, -0.2) is 0 Å². The Hall–Kier alpha value is -1.84. The second kappa shape index (κ2) is 33.7. The summed E-state index contributed by atoms with van der Waals surface area (Å²) in [6.07, 6.45) is 43.0. The zero-order chi connectivity index (χ0) is 30.8. The fourth-order valence-corrected chi connectivity index (χ4v) is 5.26. The summed E-state index contributed by atoms with van der Waals surface area (Å²) in [7, 11) is 0. The van der Waals surface area contributed by atoms with Crippen molar-refractivity contribution in [3.63, 3.8) is 0 Å². The van der Waals surface area contributed by atoms with Gasteiger partial charge in [0.05, 0.1) is 0 Å². The van der Waals surface area contributed by atoms with Gasteiger partial charge in [0.15, 0.2) is 0 Å². The van der Waals surface area contributed by atoms with Crippen molar-refractivity contribution in [2.75, 3.05) is 0 Å². The molecule has 1 atom stereocenters. The van der Waals surface area contributed by atoms with Crippen LogP contribution in [0.5, 0.6) is 0 Å². The molecular formula is C38H68O4. The van der Waals surface area contributed by atoms with Crippen LogP contribution in [0.3, 0.4) is 0 Å². The lowest BCUT2D eigenvalue weighted by Crippen LogP contribution is -2.18. The lowest BCUT2D eigenvalue weighted by atomic mass is 10.0. The van der Waals surface area contributed by atoms with Crippen LogP contribution in [-0.2, 0) is 14.3 Å². The summed E-state index contributed by atoms with van der Waals surface area (Å²) in [5.41, 5.74) is 0. The van der Waals surface area contributed by atoms with Crippen molar-refractivity contribution in [1.29, 1.82) is 0 Å². The first-order valence-corrected chi connectivity index (χ1v) is 18.0. The Morgan fingerprint density at radius 2 is 1.00 bits per heavy atom. The monoisotopic (exact) mass is 589 g/mol. The number of aliphatic carboxylic acids is 1. The van der Waals surface area contributed by atoms with Gasteiger partial charge in [-0.15, -0.1) is 0 Å². The molecule has 4 nitrogen and oxygen atoms in total. The summed E-state index contributed by atoms with van der Waals surface area (Å²) < 4.78 is 5.95. The van der Waals surface area contributed by atoms with Gasteiger partial charge in [-0.1, -0.05) is 140 Å². The number of ether oxygens (including phenoxy) is 1. The van der Waals surface area contributed by atoms with E-state index in [4.69, 9.17) is 9.84 Å². The third-order valence-corrected chi connectivity index (χ3v) is 7.88. The summed E-state index contributed by atoms with van der Waals surface area (Å²) >= 11 is 0. The van der Waals surface area contributed by atoms with Crippen molar-refractivity contribution in [2.45, 2.75) is 193 Å². The number of hydrogen-bond donors (Lipinski definition) is 1. The van der Waals surface area contributed by atoms with Gasteiger partial charge in [-0.3, -0.25) is 9.59 Å². The average Bonchev–Trinajstić information content (AvgIpc) is 2.97. The minimum Gasteiger partial charge on any atom is -0.481 e. The number of rotatable bonds is 32. The molecule has 0 fully saturated rings. The third-order valence-electron chi connectivity index (χ3n) is 7.88. The van der Waals surface area contributed by atoms with Crippen LogP contribution < -0.4 is 0 Å². The second-order valence-electron chi connectivity index (χ2n) is 12.0. The number of allylic oxidation sites excluding steroid dienone is 6. The van der Waals surface area contributed by atoms with E-state index in [9.17, 15) is 9.59 Å². The lowest BCUT2D eigenvalue weighted by Gasteiger charge is -2.18. The van der Waals surface area contributed by atoms with Gasteiger partial charge < -0.3 is 9.84 Å². The molecule has 0 radical (unpaired) electrons. The molecule has 0 rings (SSSR count). The molecular weight excluding hydrogens is 520 g/mol. The normalized spacial score (nSPS) is 12.6. The fourth-order valence-electron chi connectivity index (χ4n) is 5.26. The van der Waals surface area contributed by atoms with E-state index in [1.807, 2.05) is 0 Å². The van der Waals surface area contributed by atoms with Crippen LogP contribution >= 0.6 is 0 Å². The molecule has 0 saturated heterocycles. The van der Waals surface area contributed by atoms with Crippen LogP contribution in [-0.4, -0.2) is 23.1 Å². The highest BCUT2D eigenvalue weighted by atomic mass is 16.5. The molecule has 0 aromatic carbocycles. The summed E-state index contributed by atoms with van der Waals surface area (Å²) in [6.45, 7) is 4.42. The topological polar surface area (TPSA) is 63.6 Å². The van der Waals surface area contributed by atoms with Crippen molar-refractivity contribution in [2.24, 2.45) is 0 Å². The highest BCUT2D eigenvalue weighted by Crippen LogP contribution is 2.18. The molecule has 0 aliphatic heterocycles. The van der Waals surface area contributed by atoms with Crippen LogP contribution in [0.4, 0.5) is 0 Å². The van der Waals surface area contributed by atoms with E-state index in [2.05, 4.69) is 50.3 Å². The molecule has 0 aromatic rings. The van der Waals surface area contributed by atoms with Crippen molar-refractivity contribution >= 4 is 11.9 Å². The zero-order valence-electron chi connectivity index (χ0n) is 27.8. The van der Waals surface area contributed by atoms with Gasteiger partial charge in [0.25, 0.3) is 0 Å². The van der Waals surface area contributed by atoms with Crippen LogP contribution in [0.1, 0.15) is 187 Å². The SMILES string of the molecule is CC/C=C\C/C=C\C/C=C\CCCCCCCCCC(=O)OC(CCCCCCCCC)CCCCCCCC(=O)O. The summed E-state index contributed by atoms with van der Waals surface area (Å²) in [5, 5.41) is 8.78. The van der Waals surface area contributed by atoms with Gasteiger partial charge in [0, 0.05) is 12.8 Å². The highest BCUT2D eigenvalue weighted by molar-refractivity contribution is 5.69. The lowest BCUT2D eigenvalue weighted by molar-refractivity contribution is -0.150. The molecule has 0 amide bonds. The highest BCUT2D eigenvalue weighted by Gasteiger charge is 2.14. The first-order valence-electron chi connectivity index (χ1n) is 18.0. The maximum absolute atomic E-state index is 12.6. The Balaban J connectivity index is 3.94. The van der Waals surface area contributed by atoms with Crippen molar-refractivity contribution < 1.29 is 19.4 Å². The van der Waals surface area contributed by atoms with Crippen LogP contribution in [0, 0.1) is 0 Å². The maximum atomic E-state index is 12.6. The van der Waals surface area contributed by atoms with Gasteiger partial charge in [0.1, 0.15) is 6.10 Å². The standard InChI is InChI=1S/C38H68O4/c1-3-5-7-9-11-12-13-14-15-16-17-18-19-20-22-27-31-35-38(41)42-36(32-28-24-21-10-8-6-4-2)33-29-25-23-26-30-34-37(39)40/h5,7,11-12,14-15,36H,3-4,6,8-10,13,16-35H2,1-2H3,(H,39,40)/b7-5-,12-11-,15-14-. The smallest absolute Gasteiger partial charge is 0.306 e. The van der Waals surface area contributed by atoms with E-state index < -0.39 is 5.97 Å². The number of hydrogen-bond acceptors (Lipinski definition) is 3. The quantitative estimate of drug-likeness (QED) is 0.0482. The molecule has 1 N–H and O–H groups in total. The Bertz CT molecular complexity index is 679.